The second-order valence-corrected chi connectivity index (χ2v) is 7.45. The SMILES string of the molecule is CCOCCOc1cc(OCCNCCCCc2ccc(OC)cc2)c2ncccc2c1. The van der Waals surface area contributed by atoms with E-state index in [4.69, 9.17) is 18.9 Å². The number of unbranched alkanes of at least 4 members (excludes halogenated alkanes) is 1. The highest BCUT2D eigenvalue weighted by Gasteiger charge is 2.08. The van der Waals surface area contributed by atoms with Crippen molar-refractivity contribution in [1.29, 1.82) is 0 Å². The number of fused-ring (bicyclic) bond motifs is 1. The van der Waals surface area contributed by atoms with E-state index in [2.05, 4.69) is 22.4 Å². The van der Waals surface area contributed by atoms with E-state index < -0.39 is 0 Å². The van der Waals surface area contributed by atoms with Crippen LogP contribution in [0.1, 0.15) is 25.3 Å². The number of pyridine rings is 1. The first-order chi connectivity index (χ1) is 15.8. The van der Waals surface area contributed by atoms with Crippen LogP contribution in [0.25, 0.3) is 10.9 Å². The van der Waals surface area contributed by atoms with Gasteiger partial charge in [0.15, 0.2) is 0 Å². The summed E-state index contributed by atoms with van der Waals surface area (Å²) in [6, 6.07) is 16.1. The van der Waals surface area contributed by atoms with Gasteiger partial charge < -0.3 is 24.3 Å². The van der Waals surface area contributed by atoms with Crippen LogP contribution < -0.4 is 19.5 Å². The van der Waals surface area contributed by atoms with Crippen LogP contribution in [0.2, 0.25) is 0 Å². The van der Waals surface area contributed by atoms with E-state index in [0.717, 1.165) is 60.5 Å². The fourth-order valence-corrected chi connectivity index (χ4v) is 3.42. The van der Waals surface area contributed by atoms with E-state index in [9.17, 15) is 0 Å². The zero-order chi connectivity index (χ0) is 22.4. The summed E-state index contributed by atoms with van der Waals surface area (Å²) in [5.74, 6) is 2.42. The van der Waals surface area contributed by atoms with Crippen LogP contribution in [0.4, 0.5) is 0 Å². The lowest BCUT2D eigenvalue weighted by Crippen LogP contribution is -2.22. The van der Waals surface area contributed by atoms with Gasteiger partial charge in [0.2, 0.25) is 0 Å². The lowest BCUT2D eigenvalue weighted by Gasteiger charge is -2.13. The van der Waals surface area contributed by atoms with Crippen LogP contribution in [-0.4, -0.2) is 51.6 Å². The van der Waals surface area contributed by atoms with Crippen molar-refractivity contribution in [3.63, 3.8) is 0 Å². The van der Waals surface area contributed by atoms with Gasteiger partial charge in [-0.2, -0.15) is 0 Å². The number of rotatable bonds is 15. The number of hydrogen-bond donors (Lipinski definition) is 1. The summed E-state index contributed by atoms with van der Waals surface area (Å²) in [5, 5.41) is 4.46. The van der Waals surface area contributed by atoms with E-state index in [1.807, 2.05) is 43.3 Å². The van der Waals surface area contributed by atoms with E-state index in [-0.39, 0.29) is 0 Å². The first-order valence-electron chi connectivity index (χ1n) is 11.4. The number of hydrogen-bond acceptors (Lipinski definition) is 6. The molecule has 0 saturated carbocycles. The number of methoxy groups -OCH3 is 1. The summed E-state index contributed by atoms with van der Waals surface area (Å²) in [6.45, 7) is 6.08. The van der Waals surface area contributed by atoms with Gasteiger partial charge in [-0.3, -0.25) is 4.98 Å². The Morgan fingerprint density at radius 3 is 2.56 bits per heavy atom. The molecule has 3 rings (SSSR count). The minimum Gasteiger partial charge on any atom is -0.497 e. The lowest BCUT2D eigenvalue weighted by atomic mass is 10.1. The molecule has 0 aliphatic carbocycles. The van der Waals surface area contributed by atoms with Crippen molar-refractivity contribution in [2.24, 2.45) is 0 Å². The second-order valence-electron chi connectivity index (χ2n) is 7.45. The minimum atomic E-state index is 0.511. The lowest BCUT2D eigenvalue weighted by molar-refractivity contribution is 0.110. The van der Waals surface area contributed by atoms with Crippen molar-refractivity contribution >= 4 is 10.9 Å². The number of ether oxygens (including phenoxy) is 4. The maximum atomic E-state index is 6.04. The third-order valence-electron chi connectivity index (χ3n) is 5.11. The van der Waals surface area contributed by atoms with Gasteiger partial charge >= 0.3 is 0 Å². The van der Waals surface area contributed by atoms with Gasteiger partial charge in [0.25, 0.3) is 0 Å². The Morgan fingerprint density at radius 2 is 1.75 bits per heavy atom. The van der Waals surface area contributed by atoms with Crippen LogP contribution >= 0.6 is 0 Å². The molecule has 0 saturated heterocycles. The van der Waals surface area contributed by atoms with Crippen molar-refractivity contribution in [3.8, 4) is 17.2 Å². The molecule has 1 aromatic heterocycles. The zero-order valence-corrected chi connectivity index (χ0v) is 19.1. The maximum absolute atomic E-state index is 6.04. The van der Waals surface area contributed by atoms with Gasteiger partial charge in [-0.15, -0.1) is 0 Å². The molecule has 172 valence electrons. The molecule has 6 heteroatoms. The maximum Gasteiger partial charge on any atom is 0.149 e. The number of nitrogens with one attached hydrogen (secondary N) is 1. The minimum absolute atomic E-state index is 0.511. The van der Waals surface area contributed by atoms with E-state index in [1.165, 1.54) is 5.56 Å². The first kappa shape index (κ1) is 23.8. The van der Waals surface area contributed by atoms with Crippen LogP contribution in [0.3, 0.4) is 0 Å². The number of aromatic nitrogens is 1. The third-order valence-corrected chi connectivity index (χ3v) is 5.11. The van der Waals surface area contributed by atoms with Gasteiger partial charge in [-0.1, -0.05) is 18.2 Å². The Bertz CT molecular complexity index is 931. The first-order valence-corrected chi connectivity index (χ1v) is 11.4. The van der Waals surface area contributed by atoms with Crippen LogP contribution in [0.5, 0.6) is 17.2 Å². The molecule has 0 bridgehead atoms. The molecule has 2 aromatic carbocycles. The second kappa shape index (κ2) is 13.6. The van der Waals surface area contributed by atoms with Crippen molar-refractivity contribution in [1.82, 2.24) is 10.3 Å². The van der Waals surface area contributed by atoms with Crippen LogP contribution in [0.15, 0.2) is 54.7 Å². The van der Waals surface area contributed by atoms with E-state index >= 15 is 0 Å². The van der Waals surface area contributed by atoms with Crippen molar-refractivity contribution < 1.29 is 18.9 Å². The van der Waals surface area contributed by atoms with E-state index in [0.29, 0.717) is 26.4 Å². The quantitative estimate of drug-likeness (QED) is 0.349. The predicted molar refractivity (Wildman–Crippen MR) is 128 cm³/mol. The molecule has 0 aliphatic heterocycles. The summed E-state index contributed by atoms with van der Waals surface area (Å²) in [4.78, 5) is 4.48. The topological polar surface area (TPSA) is 61.8 Å². The average Bonchev–Trinajstić information content (AvgIpc) is 2.83. The highest BCUT2D eigenvalue weighted by Crippen LogP contribution is 2.29. The Balaban J connectivity index is 1.38. The summed E-state index contributed by atoms with van der Waals surface area (Å²) in [6.07, 6.45) is 5.14. The molecule has 0 spiro atoms. The van der Waals surface area contributed by atoms with Gasteiger partial charge in [0.1, 0.15) is 36.0 Å². The molecular weight excluding hydrogens is 404 g/mol. The highest BCUT2D eigenvalue weighted by molar-refractivity contribution is 5.86. The van der Waals surface area contributed by atoms with Gasteiger partial charge in [-0.05, 0) is 62.6 Å². The van der Waals surface area contributed by atoms with Crippen molar-refractivity contribution in [3.05, 3.63) is 60.3 Å². The molecule has 1 N–H and O–H groups in total. The number of nitrogens with zero attached hydrogens (tertiary/aromatic N) is 1. The normalized spacial score (nSPS) is 10.9. The monoisotopic (exact) mass is 438 g/mol. The molecule has 0 radical (unpaired) electrons. The molecule has 0 fully saturated rings. The molecule has 0 unspecified atom stereocenters. The molecule has 0 atom stereocenters. The molecule has 1 heterocycles. The Hall–Kier alpha value is -2.83. The highest BCUT2D eigenvalue weighted by atomic mass is 16.5. The van der Waals surface area contributed by atoms with Crippen LogP contribution in [-0.2, 0) is 11.2 Å². The third kappa shape index (κ3) is 7.70. The van der Waals surface area contributed by atoms with Gasteiger partial charge in [0, 0.05) is 30.8 Å². The number of aryl methyl sites for hydroxylation is 1. The van der Waals surface area contributed by atoms with Crippen molar-refractivity contribution in [2.75, 3.05) is 46.6 Å². The standard InChI is InChI=1S/C26H34N2O4/c1-3-30-17-18-31-24-19-22-8-6-14-28-26(22)25(20-24)32-16-15-27-13-5-4-7-21-9-11-23(29-2)12-10-21/h6,8-12,14,19-20,27H,3-5,7,13,15-18H2,1-2H3. The van der Waals surface area contributed by atoms with Gasteiger partial charge in [-0.25, -0.2) is 0 Å². The molecular formula is C26H34N2O4. The Labute approximate surface area is 190 Å². The van der Waals surface area contributed by atoms with E-state index in [1.54, 1.807) is 13.3 Å². The fourth-order valence-electron chi connectivity index (χ4n) is 3.42. The molecule has 6 nitrogen and oxygen atoms in total. The average molecular weight is 439 g/mol. The number of benzene rings is 2. The Kier molecular flexibility index (Phi) is 10.1. The smallest absolute Gasteiger partial charge is 0.149 e. The Morgan fingerprint density at radius 1 is 0.875 bits per heavy atom. The molecule has 0 amide bonds. The molecule has 3 aromatic rings. The van der Waals surface area contributed by atoms with Gasteiger partial charge in [0.05, 0.1) is 13.7 Å². The summed E-state index contributed by atoms with van der Waals surface area (Å²) >= 11 is 0. The predicted octanol–water partition coefficient (Wildman–Crippen LogP) is 4.65. The van der Waals surface area contributed by atoms with Crippen molar-refractivity contribution in [2.45, 2.75) is 26.2 Å². The largest absolute Gasteiger partial charge is 0.497 e. The fraction of sp³-hybridized carbons (Fsp3) is 0.423. The molecule has 32 heavy (non-hydrogen) atoms. The van der Waals surface area contributed by atoms with Crippen LogP contribution in [0, 0.1) is 0 Å². The summed E-state index contributed by atoms with van der Waals surface area (Å²) in [7, 11) is 1.69. The summed E-state index contributed by atoms with van der Waals surface area (Å²) in [5.41, 5.74) is 2.20. The zero-order valence-electron chi connectivity index (χ0n) is 19.1. The molecule has 0 aliphatic rings. The summed E-state index contributed by atoms with van der Waals surface area (Å²) < 4.78 is 22.4.